The Hall–Kier alpha value is -2.47. The highest BCUT2D eigenvalue weighted by molar-refractivity contribution is 7.84. The first kappa shape index (κ1) is 17.9. The molecule has 0 saturated heterocycles. The lowest BCUT2D eigenvalue weighted by Crippen LogP contribution is -2.20. The summed E-state index contributed by atoms with van der Waals surface area (Å²) in [7, 11) is -1.41. The number of carbonyl (C=O) groups is 2. The molecular weight excluding hydrogens is 326 g/mol. The monoisotopic (exact) mass is 345 g/mol. The highest BCUT2D eigenvalue weighted by atomic mass is 32.2. The zero-order valence-corrected chi connectivity index (χ0v) is 14.1. The van der Waals surface area contributed by atoms with Gasteiger partial charge in [0.05, 0.1) is 5.56 Å². The van der Waals surface area contributed by atoms with E-state index < -0.39 is 16.8 Å². The fraction of sp³-hybridized carbons (Fsp3) is 0.222. The number of aryl methyl sites for hydroxylation is 1. The lowest BCUT2D eigenvalue weighted by molar-refractivity contribution is -0.113. The van der Waals surface area contributed by atoms with Gasteiger partial charge in [-0.25, -0.2) is 4.79 Å². The van der Waals surface area contributed by atoms with Gasteiger partial charge in [0, 0.05) is 22.2 Å². The van der Waals surface area contributed by atoms with Crippen LogP contribution in [0.4, 0.5) is 5.69 Å². The molecule has 126 valence electrons. The van der Waals surface area contributed by atoms with Gasteiger partial charge in [-0.3, -0.25) is 9.00 Å². The van der Waals surface area contributed by atoms with Crippen molar-refractivity contribution in [1.29, 1.82) is 0 Å². The number of amides is 1. The third-order valence-corrected chi connectivity index (χ3v) is 4.68. The van der Waals surface area contributed by atoms with Gasteiger partial charge in [0.2, 0.25) is 5.91 Å². The molecule has 0 spiro atoms. The predicted molar refractivity (Wildman–Crippen MR) is 94.6 cm³/mol. The Bertz CT molecular complexity index is 756. The summed E-state index contributed by atoms with van der Waals surface area (Å²) in [5.41, 5.74) is 2.62. The zero-order valence-electron chi connectivity index (χ0n) is 13.3. The molecule has 0 aliphatic carbocycles. The summed E-state index contributed by atoms with van der Waals surface area (Å²) in [6.07, 6.45) is 0.924. The molecule has 0 radical (unpaired) electrons. The first-order chi connectivity index (χ1) is 11.5. The molecule has 1 amide bonds. The van der Waals surface area contributed by atoms with E-state index in [2.05, 4.69) is 12.2 Å². The molecule has 6 heteroatoms. The number of hydrogen-bond acceptors (Lipinski definition) is 3. The number of carboxylic acids is 1. The average Bonchev–Trinajstić information content (AvgIpc) is 2.55. The second kappa shape index (κ2) is 8.40. The second-order valence-electron chi connectivity index (χ2n) is 5.33. The Morgan fingerprint density at radius 2 is 1.79 bits per heavy atom. The molecule has 2 rings (SSSR count). The van der Waals surface area contributed by atoms with Crippen molar-refractivity contribution in [2.45, 2.75) is 19.1 Å². The van der Waals surface area contributed by atoms with Gasteiger partial charge in [0.15, 0.2) is 0 Å². The van der Waals surface area contributed by atoms with Gasteiger partial charge in [-0.15, -0.1) is 0 Å². The van der Waals surface area contributed by atoms with Gasteiger partial charge in [-0.2, -0.15) is 0 Å². The average molecular weight is 345 g/mol. The van der Waals surface area contributed by atoms with Crippen LogP contribution in [0.2, 0.25) is 0 Å². The van der Waals surface area contributed by atoms with E-state index in [-0.39, 0.29) is 23.0 Å². The van der Waals surface area contributed by atoms with Crippen LogP contribution >= 0.6 is 0 Å². The van der Waals surface area contributed by atoms with Crippen LogP contribution in [0.15, 0.2) is 48.5 Å². The summed E-state index contributed by atoms with van der Waals surface area (Å²) in [5.74, 6) is -1.35. The van der Waals surface area contributed by atoms with Gasteiger partial charge >= 0.3 is 5.97 Å². The van der Waals surface area contributed by atoms with E-state index in [0.29, 0.717) is 11.3 Å². The molecule has 1 unspecified atom stereocenters. The molecule has 5 nitrogen and oxygen atoms in total. The molecular formula is C18H19NO4S. The Labute approximate surface area is 143 Å². The highest BCUT2D eigenvalue weighted by Crippen LogP contribution is 2.11. The SMILES string of the molecule is CCc1ccc(NC(=O)CS(=O)Cc2cccc(C(=O)O)c2)cc1. The maximum absolute atomic E-state index is 12.1. The third-order valence-electron chi connectivity index (χ3n) is 3.44. The van der Waals surface area contributed by atoms with Crippen LogP contribution in [0.25, 0.3) is 0 Å². The van der Waals surface area contributed by atoms with Crippen molar-refractivity contribution in [3.8, 4) is 0 Å². The minimum Gasteiger partial charge on any atom is -0.478 e. The van der Waals surface area contributed by atoms with Crippen molar-refractivity contribution < 1.29 is 18.9 Å². The number of rotatable bonds is 7. The van der Waals surface area contributed by atoms with Crippen LogP contribution in [-0.4, -0.2) is 26.9 Å². The van der Waals surface area contributed by atoms with Crippen molar-refractivity contribution >= 4 is 28.4 Å². The van der Waals surface area contributed by atoms with Crippen molar-refractivity contribution in [1.82, 2.24) is 0 Å². The Balaban J connectivity index is 1.90. The van der Waals surface area contributed by atoms with Crippen LogP contribution in [0, 0.1) is 0 Å². The lowest BCUT2D eigenvalue weighted by Gasteiger charge is -2.07. The molecule has 2 aromatic rings. The van der Waals surface area contributed by atoms with Crippen molar-refractivity contribution in [3.63, 3.8) is 0 Å². The van der Waals surface area contributed by atoms with Crippen LogP contribution in [0.5, 0.6) is 0 Å². The van der Waals surface area contributed by atoms with Gasteiger partial charge < -0.3 is 10.4 Å². The normalized spacial score (nSPS) is 11.7. The molecule has 0 saturated carbocycles. The highest BCUT2D eigenvalue weighted by Gasteiger charge is 2.11. The minimum atomic E-state index is -1.41. The molecule has 0 aliphatic heterocycles. The first-order valence-electron chi connectivity index (χ1n) is 7.54. The quantitative estimate of drug-likeness (QED) is 0.808. The van der Waals surface area contributed by atoms with E-state index in [9.17, 15) is 13.8 Å². The minimum absolute atomic E-state index is 0.132. The van der Waals surface area contributed by atoms with Gasteiger partial charge in [-0.05, 0) is 41.8 Å². The van der Waals surface area contributed by atoms with Crippen molar-refractivity contribution in [3.05, 3.63) is 65.2 Å². The van der Waals surface area contributed by atoms with Gasteiger partial charge in [-0.1, -0.05) is 31.2 Å². The Morgan fingerprint density at radius 1 is 1.08 bits per heavy atom. The maximum Gasteiger partial charge on any atom is 0.335 e. The third kappa shape index (κ3) is 5.31. The van der Waals surface area contributed by atoms with E-state index in [4.69, 9.17) is 5.11 Å². The van der Waals surface area contributed by atoms with Crippen LogP contribution in [0.1, 0.15) is 28.4 Å². The summed E-state index contributed by atoms with van der Waals surface area (Å²) in [5, 5.41) is 11.7. The van der Waals surface area contributed by atoms with Crippen LogP contribution in [-0.2, 0) is 27.8 Å². The number of anilines is 1. The molecule has 0 fully saturated rings. The molecule has 2 N–H and O–H groups in total. The molecule has 0 bridgehead atoms. The van der Waals surface area contributed by atoms with Crippen LogP contribution in [0.3, 0.4) is 0 Å². The first-order valence-corrected chi connectivity index (χ1v) is 9.02. The fourth-order valence-electron chi connectivity index (χ4n) is 2.20. The number of carbonyl (C=O) groups excluding carboxylic acids is 1. The largest absolute Gasteiger partial charge is 0.478 e. The van der Waals surface area contributed by atoms with E-state index in [1.165, 1.54) is 17.7 Å². The number of hydrogen-bond donors (Lipinski definition) is 2. The smallest absolute Gasteiger partial charge is 0.335 e. The summed E-state index contributed by atoms with van der Waals surface area (Å²) < 4.78 is 12.1. The number of nitrogens with one attached hydrogen (secondary N) is 1. The van der Waals surface area contributed by atoms with Crippen LogP contribution < -0.4 is 5.32 Å². The van der Waals surface area contributed by atoms with E-state index in [1.807, 2.05) is 24.3 Å². The second-order valence-corrected chi connectivity index (χ2v) is 6.79. The standard InChI is InChI=1S/C18H19NO4S/c1-2-13-6-8-16(9-7-13)19-17(20)12-24(23)11-14-4-3-5-15(10-14)18(21)22/h3-10H,2,11-12H2,1H3,(H,19,20)(H,21,22). The molecule has 1 atom stereocenters. The maximum atomic E-state index is 12.1. The number of aromatic carboxylic acids is 1. The predicted octanol–water partition coefficient (Wildman–Crippen LogP) is 2.83. The zero-order chi connectivity index (χ0) is 17.5. The molecule has 0 heterocycles. The number of carboxylic acid groups (broad SMARTS) is 1. The Kier molecular flexibility index (Phi) is 6.26. The van der Waals surface area contributed by atoms with Gasteiger partial charge in [0.1, 0.15) is 5.75 Å². The molecule has 2 aromatic carbocycles. The molecule has 0 aliphatic rings. The van der Waals surface area contributed by atoms with E-state index >= 15 is 0 Å². The number of benzene rings is 2. The molecule has 24 heavy (non-hydrogen) atoms. The van der Waals surface area contributed by atoms with Crippen molar-refractivity contribution in [2.75, 3.05) is 11.1 Å². The summed E-state index contributed by atoms with van der Waals surface area (Å²) in [6, 6.07) is 13.8. The molecule has 0 aromatic heterocycles. The Morgan fingerprint density at radius 3 is 2.42 bits per heavy atom. The summed E-state index contributed by atoms with van der Waals surface area (Å²) in [4.78, 5) is 22.9. The van der Waals surface area contributed by atoms with E-state index in [0.717, 1.165) is 6.42 Å². The summed E-state index contributed by atoms with van der Waals surface area (Å²) >= 11 is 0. The topological polar surface area (TPSA) is 83.5 Å². The fourth-order valence-corrected chi connectivity index (χ4v) is 3.22. The van der Waals surface area contributed by atoms with Crippen molar-refractivity contribution in [2.24, 2.45) is 0 Å². The lowest BCUT2D eigenvalue weighted by atomic mass is 10.1. The van der Waals surface area contributed by atoms with Gasteiger partial charge in [0.25, 0.3) is 0 Å². The summed E-state index contributed by atoms with van der Waals surface area (Å²) in [6.45, 7) is 2.05. The van der Waals surface area contributed by atoms with E-state index in [1.54, 1.807) is 12.1 Å².